The van der Waals surface area contributed by atoms with E-state index in [9.17, 15) is 9.59 Å². The number of rotatable bonds is 7. The third-order valence-corrected chi connectivity index (χ3v) is 3.50. The molecule has 0 saturated carbocycles. The molecule has 2 aromatic carbocycles. The summed E-state index contributed by atoms with van der Waals surface area (Å²) in [5.41, 5.74) is 1.89. The molecule has 0 aliphatic carbocycles. The summed E-state index contributed by atoms with van der Waals surface area (Å²) in [5.74, 6) is 0.351. The summed E-state index contributed by atoms with van der Waals surface area (Å²) in [5, 5.41) is 5.65. The number of amides is 2. The molecule has 0 spiro atoms. The molecule has 2 rings (SSSR count). The number of nitrogens with one attached hydrogen (secondary N) is 2. The van der Waals surface area contributed by atoms with Gasteiger partial charge in [0.15, 0.2) is 0 Å². The summed E-state index contributed by atoms with van der Waals surface area (Å²) in [6.45, 7) is 6.32. The Hall–Kier alpha value is -2.82. The summed E-state index contributed by atoms with van der Waals surface area (Å²) < 4.78 is 5.55. The van der Waals surface area contributed by atoms with Gasteiger partial charge in [0.05, 0.1) is 6.61 Å². The number of hydrogen-bond donors (Lipinski definition) is 2. The van der Waals surface area contributed by atoms with Crippen LogP contribution in [0.2, 0.25) is 0 Å². The van der Waals surface area contributed by atoms with Crippen molar-refractivity contribution >= 4 is 23.2 Å². The minimum absolute atomic E-state index is 0.0410. The lowest BCUT2D eigenvalue weighted by molar-refractivity contribution is -0.118. The van der Waals surface area contributed by atoms with Gasteiger partial charge in [-0.15, -0.1) is 0 Å². The van der Waals surface area contributed by atoms with Gasteiger partial charge in [0.25, 0.3) is 5.91 Å². The summed E-state index contributed by atoms with van der Waals surface area (Å²) >= 11 is 0. The average Bonchev–Trinajstić information content (AvgIpc) is 2.61. The third kappa shape index (κ3) is 5.64. The van der Waals surface area contributed by atoms with E-state index >= 15 is 0 Å². The van der Waals surface area contributed by atoms with Crippen LogP contribution in [0.1, 0.15) is 37.6 Å². The topological polar surface area (TPSA) is 67.4 Å². The fourth-order valence-electron chi connectivity index (χ4n) is 2.07. The van der Waals surface area contributed by atoms with Crippen LogP contribution >= 0.6 is 0 Å². The Balaban J connectivity index is 1.99. The van der Waals surface area contributed by atoms with Crippen molar-refractivity contribution in [3.8, 4) is 5.75 Å². The van der Waals surface area contributed by atoms with Gasteiger partial charge in [-0.2, -0.15) is 0 Å². The van der Waals surface area contributed by atoms with Crippen molar-refractivity contribution in [3.63, 3.8) is 0 Å². The molecule has 132 valence electrons. The first-order valence-corrected chi connectivity index (χ1v) is 8.44. The maximum atomic E-state index is 12.4. The van der Waals surface area contributed by atoms with E-state index in [2.05, 4.69) is 10.6 Å². The molecule has 0 aliphatic heterocycles. The smallest absolute Gasteiger partial charge is 0.255 e. The molecule has 0 fully saturated rings. The van der Waals surface area contributed by atoms with E-state index in [1.165, 1.54) is 0 Å². The minimum Gasteiger partial charge on any atom is -0.494 e. The number of carbonyl (C=O) groups excluding carboxylic acids is 2. The lowest BCUT2D eigenvalue weighted by atomic mass is 10.2. The molecule has 0 atom stereocenters. The SMILES string of the molecule is CCCOc1cccc(C(=O)Nc2ccc(NC(=O)C(C)C)cc2)c1. The fraction of sp³-hybridized carbons (Fsp3) is 0.300. The highest BCUT2D eigenvalue weighted by atomic mass is 16.5. The Morgan fingerprint density at radius 2 is 1.64 bits per heavy atom. The molecule has 5 heteroatoms. The van der Waals surface area contributed by atoms with Crippen LogP contribution in [0.5, 0.6) is 5.75 Å². The van der Waals surface area contributed by atoms with Gasteiger partial charge in [0.2, 0.25) is 5.91 Å². The zero-order valence-electron chi connectivity index (χ0n) is 14.8. The second-order valence-corrected chi connectivity index (χ2v) is 6.05. The van der Waals surface area contributed by atoms with Crippen molar-refractivity contribution in [1.82, 2.24) is 0 Å². The summed E-state index contributed by atoms with van der Waals surface area (Å²) in [4.78, 5) is 24.0. The highest BCUT2D eigenvalue weighted by molar-refractivity contribution is 6.04. The Bertz CT molecular complexity index is 724. The van der Waals surface area contributed by atoms with Crippen LogP contribution in [0.4, 0.5) is 11.4 Å². The fourth-order valence-corrected chi connectivity index (χ4v) is 2.07. The molecule has 5 nitrogen and oxygen atoms in total. The number of hydrogen-bond acceptors (Lipinski definition) is 3. The first-order chi connectivity index (χ1) is 12.0. The van der Waals surface area contributed by atoms with Crippen LogP contribution < -0.4 is 15.4 Å². The minimum atomic E-state index is -0.207. The molecule has 0 bridgehead atoms. The number of anilines is 2. The predicted octanol–water partition coefficient (Wildman–Crippen LogP) is 4.32. The molecule has 2 N–H and O–H groups in total. The first-order valence-electron chi connectivity index (χ1n) is 8.44. The maximum Gasteiger partial charge on any atom is 0.255 e. The molecule has 0 unspecified atom stereocenters. The van der Waals surface area contributed by atoms with E-state index in [1.54, 1.807) is 42.5 Å². The number of benzene rings is 2. The lowest BCUT2D eigenvalue weighted by Gasteiger charge is -2.10. The van der Waals surface area contributed by atoms with Gasteiger partial charge in [-0.25, -0.2) is 0 Å². The molecular weight excluding hydrogens is 316 g/mol. The normalized spacial score (nSPS) is 10.4. The van der Waals surface area contributed by atoms with Crippen LogP contribution in [0.3, 0.4) is 0 Å². The molecule has 0 saturated heterocycles. The second kappa shape index (κ2) is 8.87. The van der Waals surface area contributed by atoms with Gasteiger partial charge in [0.1, 0.15) is 5.75 Å². The van der Waals surface area contributed by atoms with E-state index < -0.39 is 0 Å². The molecule has 0 heterocycles. The molecule has 0 aromatic heterocycles. The van der Waals surface area contributed by atoms with Gasteiger partial charge >= 0.3 is 0 Å². The predicted molar refractivity (Wildman–Crippen MR) is 100 cm³/mol. The standard InChI is InChI=1S/C20H24N2O3/c1-4-12-25-18-7-5-6-15(13-18)20(24)22-17-10-8-16(9-11-17)21-19(23)14(2)3/h5-11,13-14H,4,12H2,1-3H3,(H,21,23)(H,22,24). The third-order valence-electron chi connectivity index (χ3n) is 3.50. The van der Waals surface area contributed by atoms with E-state index in [-0.39, 0.29) is 17.7 Å². The zero-order valence-corrected chi connectivity index (χ0v) is 14.8. The van der Waals surface area contributed by atoms with Crippen LogP contribution in [0, 0.1) is 5.92 Å². The lowest BCUT2D eigenvalue weighted by Crippen LogP contribution is -2.17. The van der Waals surface area contributed by atoms with Crippen LogP contribution in [0.15, 0.2) is 48.5 Å². The molecular formula is C20H24N2O3. The maximum absolute atomic E-state index is 12.4. The second-order valence-electron chi connectivity index (χ2n) is 6.05. The highest BCUT2D eigenvalue weighted by Gasteiger charge is 2.09. The summed E-state index contributed by atoms with van der Waals surface area (Å²) in [6, 6.07) is 14.1. The first kappa shape index (κ1) is 18.5. The average molecular weight is 340 g/mol. The summed E-state index contributed by atoms with van der Waals surface area (Å²) in [6.07, 6.45) is 0.913. The monoisotopic (exact) mass is 340 g/mol. The Labute approximate surface area is 148 Å². The van der Waals surface area contributed by atoms with Gasteiger partial charge < -0.3 is 15.4 Å². The molecule has 2 aromatic rings. The molecule has 0 aliphatic rings. The zero-order chi connectivity index (χ0) is 18.2. The quantitative estimate of drug-likeness (QED) is 0.788. The van der Waals surface area contributed by atoms with Crippen molar-refractivity contribution in [2.45, 2.75) is 27.2 Å². The van der Waals surface area contributed by atoms with E-state index in [0.717, 1.165) is 6.42 Å². The van der Waals surface area contributed by atoms with Crippen molar-refractivity contribution in [1.29, 1.82) is 0 Å². The Morgan fingerprint density at radius 1 is 1.00 bits per heavy atom. The Kier molecular flexibility index (Phi) is 6.57. The van der Waals surface area contributed by atoms with Crippen molar-refractivity contribution in [2.24, 2.45) is 5.92 Å². The Morgan fingerprint density at radius 3 is 2.24 bits per heavy atom. The van der Waals surface area contributed by atoms with E-state index in [4.69, 9.17) is 4.74 Å². The van der Waals surface area contributed by atoms with Crippen molar-refractivity contribution in [3.05, 3.63) is 54.1 Å². The van der Waals surface area contributed by atoms with Crippen LogP contribution in [0.25, 0.3) is 0 Å². The van der Waals surface area contributed by atoms with Crippen molar-refractivity contribution in [2.75, 3.05) is 17.2 Å². The van der Waals surface area contributed by atoms with E-state index in [1.807, 2.05) is 26.8 Å². The number of carbonyl (C=O) groups is 2. The largest absolute Gasteiger partial charge is 0.494 e. The van der Waals surface area contributed by atoms with Gasteiger partial charge in [0, 0.05) is 22.9 Å². The number of ether oxygens (including phenoxy) is 1. The molecule has 2 amide bonds. The highest BCUT2D eigenvalue weighted by Crippen LogP contribution is 2.18. The van der Waals surface area contributed by atoms with Crippen molar-refractivity contribution < 1.29 is 14.3 Å². The van der Waals surface area contributed by atoms with Crippen LogP contribution in [-0.4, -0.2) is 18.4 Å². The van der Waals surface area contributed by atoms with Gasteiger partial charge in [-0.1, -0.05) is 26.8 Å². The van der Waals surface area contributed by atoms with Crippen LogP contribution in [-0.2, 0) is 4.79 Å². The summed E-state index contributed by atoms with van der Waals surface area (Å²) in [7, 11) is 0. The molecule has 0 radical (unpaired) electrons. The molecule has 25 heavy (non-hydrogen) atoms. The van der Waals surface area contributed by atoms with E-state index in [0.29, 0.717) is 29.3 Å². The van der Waals surface area contributed by atoms with Gasteiger partial charge in [-0.3, -0.25) is 9.59 Å². The van der Waals surface area contributed by atoms with Gasteiger partial charge in [-0.05, 0) is 48.9 Å².